The van der Waals surface area contributed by atoms with Gasteiger partial charge in [-0.1, -0.05) is 18.2 Å². The third kappa shape index (κ3) is 3.88. The van der Waals surface area contributed by atoms with Crippen LogP contribution in [0.1, 0.15) is 17.0 Å². The van der Waals surface area contributed by atoms with Gasteiger partial charge in [-0.25, -0.2) is 4.98 Å². The number of carbonyl (C=O) groups excluding carboxylic acids is 1. The second kappa shape index (κ2) is 6.52. The van der Waals surface area contributed by atoms with E-state index in [2.05, 4.69) is 21.4 Å². The van der Waals surface area contributed by atoms with Crippen LogP contribution in [0.5, 0.6) is 5.75 Å². The van der Waals surface area contributed by atoms with Gasteiger partial charge in [-0.15, -0.1) is 0 Å². The molecule has 0 aliphatic carbocycles. The molecule has 23 heavy (non-hydrogen) atoms. The van der Waals surface area contributed by atoms with Crippen molar-refractivity contribution in [2.45, 2.75) is 20.4 Å². The molecule has 1 heterocycles. The van der Waals surface area contributed by atoms with Crippen LogP contribution in [0.3, 0.4) is 0 Å². The van der Waals surface area contributed by atoms with Gasteiger partial charge in [0.05, 0.1) is 17.6 Å². The number of benzene rings is 2. The summed E-state index contributed by atoms with van der Waals surface area (Å²) in [6.45, 7) is 4.34. The molecule has 1 amide bonds. The van der Waals surface area contributed by atoms with Crippen molar-refractivity contribution >= 4 is 16.9 Å². The van der Waals surface area contributed by atoms with Gasteiger partial charge in [0.15, 0.2) is 6.61 Å². The van der Waals surface area contributed by atoms with Crippen LogP contribution in [-0.4, -0.2) is 22.5 Å². The molecule has 0 unspecified atom stereocenters. The van der Waals surface area contributed by atoms with E-state index < -0.39 is 0 Å². The average molecular weight is 309 g/mol. The summed E-state index contributed by atoms with van der Waals surface area (Å²) in [5.41, 5.74) is 4.08. The number of aromatic amines is 1. The van der Waals surface area contributed by atoms with Crippen molar-refractivity contribution in [2.75, 3.05) is 6.61 Å². The highest BCUT2D eigenvalue weighted by Crippen LogP contribution is 2.16. The standard InChI is InChI=1S/C18H19N3O2/c1-12-7-13(2)9-14(8-12)23-11-18(22)19-10-17-20-15-5-3-4-6-16(15)21-17/h3-9H,10-11H2,1-2H3,(H,19,22)(H,20,21). The Bertz CT molecular complexity index is 786. The van der Waals surface area contributed by atoms with Gasteiger partial charge in [0, 0.05) is 0 Å². The van der Waals surface area contributed by atoms with Gasteiger partial charge in [-0.2, -0.15) is 0 Å². The lowest BCUT2D eigenvalue weighted by Gasteiger charge is -2.08. The minimum Gasteiger partial charge on any atom is -0.484 e. The molecule has 2 aromatic carbocycles. The molecule has 0 aliphatic rings. The molecule has 0 atom stereocenters. The van der Waals surface area contributed by atoms with E-state index >= 15 is 0 Å². The quantitative estimate of drug-likeness (QED) is 0.761. The Kier molecular flexibility index (Phi) is 4.28. The lowest BCUT2D eigenvalue weighted by atomic mass is 10.1. The molecule has 118 valence electrons. The highest BCUT2D eigenvalue weighted by atomic mass is 16.5. The van der Waals surface area contributed by atoms with Crippen LogP contribution in [0.25, 0.3) is 11.0 Å². The number of para-hydroxylation sites is 2. The maximum Gasteiger partial charge on any atom is 0.258 e. The Morgan fingerprint density at radius 1 is 1.17 bits per heavy atom. The van der Waals surface area contributed by atoms with Gasteiger partial charge >= 0.3 is 0 Å². The molecular formula is C18H19N3O2. The Balaban J connectivity index is 1.53. The van der Waals surface area contributed by atoms with E-state index in [4.69, 9.17) is 4.74 Å². The highest BCUT2D eigenvalue weighted by molar-refractivity contribution is 5.78. The predicted molar refractivity (Wildman–Crippen MR) is 89.4 cm³/mol. The molecule has 2 N–H and O–H groups in total. The van der Waals surface area contributed by atoms with Crippen LogP contribution < -0.4 is 10.1 Å². The van der Waals surface area contributed by atoms with Crippen LogP contribution in [0.4, 0.5) is 0 Å². The zero-order chi connectivity index (χ0) is 16.2. The Labute approximate surface area is 134 Å². The SMILES string of the molecule is Cc1cc(C)cc(OCC(=O)NCc2nc3ccccc3[nH]2)c1. The maximum absolute atomic E-state index is 11.9. The number of ether oxygens (including phenoxy) is 1. The second-order valence-electron chi connectivity index (χ2n) is 5.59. The number of nitrogens with one attached hydrogen (secondary N) is 2. The fraction of sp³-hybridized carbons (Fsp3) is 0.222. The molecule has 0 saturated heterocycles. The molecule has 0 aliphatic heterocycles. The van der Waals surface area contributed by atoms with Crippen LogP contribution in [0.2, 0.25) is 0 Å². The predicted octanol–water partition coefficient (Wildman–Crippen LogP) is 2.87. The molecule has 0 bridgehead atoms. The topological polar surface area (TPSA) is 67.0 Å². The van der Waals surface area contributed by atoms with Gasteiger partial charge in [0.2, 0.25) is 0 Å². The van der Waals surface area contributed by atoms with Gasteiger partial charge < -0.3 is 15.0 Å². The van der Waals surface area contributed by atoms with E-state index in [1.54, 1.807) is 0 Å². The minimum atomic E-state index is -0.176. The average Bonchev–Trinajstić information content (AvgIpc) is 2.93. The summed E-state index contributed by atoms with van der Waals surface area (Å²) in [6.07, 6.45) is 0. The molecule has 0 fully saturated rings. The van der Waals surface area contributed by atoms with E-state index in [9.17, 15) is 4.79 Å². The summed E-state index contributed by atoms with van der Waals surface area (Å²) >= 11 is 0. The van der Waals surface area contributed by atoms with E-state index in [1.807, 2.05) is 50.2 Å². The summed E-state index contributed by atoms with van der Waals surface area (Å²) in [5, 5.41) is 2.80. The van der Waals surface area contributed by atoms with Crippen LogP contribution >= 0.6 is 0 Å². The number of aryl methyl sites for hydroxylation is 2. The van der Waals surface area contributed by atoms with E-state index in [0.29, 0.717) is 12.3 Å². The van der Waals surface area contributed by atoms with E-state index in [-0.39, 0.29) is 12.5 Å². The summed E-state index contributed by atoms with van der Waals surface area (Å²) in [4.78, 5) is 19.5. The monoisotopic (exact) mass is 309 g/mol. The molecule has 0 spiro atoms. The van der Waals surface area contributed by atoms with E-state index in [0.717, 1.165) is 28.0 Å². The van der Waals surface area contributed by atoms with Crippen molar-refractivity contribution in [3.05, 3.63) is 59.4 Å². The third-order valence-electron chi connectivity index (χ3n) is 3.46. The van der Waals surface area contributed by atoms with Crippen molar-refractivity contribution in [1.29, 1.82) is 0 Å². The first-order valence-corrected chi connectivity index (χ1v) is 7.51. The maximum atomic E-state index is 11.9. The van der Waals surface area contributed by atoms with Gasteiger partial charge in [0.1, 0.15) is 11.6 Å². The number of hydrogen-bond acceptors (Lipinski definition) is 3. The van der Waals surface area contributed by atoms with Crippen LogP contribution in [0.15, 0.2) is 42.5 Å². The first-order chi connectivity index (χ1) is 11.1. The van der Waals surface area contributed by atoms with Crippen LogP contribution in [-0.2, 0) is 11.3 Å². The zero-order valence-electron chi connectivity index (χ0n) is 13.2. The molecule has 1 aromatic heterocycles. The summed E-state index contributed by atoms with van der Waals surface area (Å²) in [6, 6.07) is 13.7. The number of carbonyl (C=O) groups is 1. The number of hydrogen-bond donors (Lipinski definition) is 2. The van der Waals surface area contributed by atoms with Crippen molar-refractivity contribution in [2.24, 2.45) is 0 Å². The Morgan fingerprint density at radius 3 is 2.65 bits per heavy atom. The normalized spacial score (nSPS) is 10.7. The fourth-order valence-electron chi connectivity index (χ4n) is 2.49. The third-order valence-corrected chi connectivity index (χ3v) is 3.46. The smallest absolute Gasteiger partial charge is 0.258 e. The van der Waals surface area contributed by atoms with Gasteiger partial charge in [0.25, 0.3) is 5.91 Å². The first kappa shape index (κ1) is 15.1. The molecule has 0 radical (unpaired) electrons. The number of rotatable bonds is 5. The van der Waals surface area contributed by atoms with Gasteiger partial charge in [-0.3, -0.25) is 4.79 Å². The summed E-state index contributed by atoms with van der Waals surface area (Å²) < 4.78 is 5.53. The minimum absolute atomic E-state index is 0.0108. The first-order valence-electron chi connectivity index (χ1n) is 7.51. The lowest BCUT2D eigenvalue weighted by molar-refractivity contribution is -0.123. The van der Waals surface area contributed by atoms with Crippen molar-refractivity contribution in [1.82, 2.24) is 15.3 Å². The number of nitrogens with zero attached hydrogens (tertiary/aromatic N) is 1. The summed E-state index contributed by atoms with van der Waals surface area (Å²) in [5.74, 6) is 1.26. The Morgan fingerprint density at radius 2 is 1.91 bits per heavy atom. The number of aromatic nitrogens is 2. The molecule has 5 nitrogen and oxygen atoms in total. The molecule has 3 rings (SSSR count). The molecule has 0 saturated carbocycles. The van der Waals surface area contributed by atoms with Crippen molar-refractivity contribution in [3.63, 3.8) is 0 Å². The van der Waals surface area contributed by atoms with Crippen molar-refractivity contribution < 1.29 is 9.53 Å². The van der Waals surface area contributed by atoms with Crippen LogP contribution in [0, 0.1) is 13.8 Å². The molecule has 5 heteroatoms. The molecule has 3 aromatic rings. The number of amides is 1. The zero-order valence-corrected chi connectivity index (χ0v) is 13.2. The fourth-order valence-corrected chi connectivity index (χ4v) is 2.49. The Hall–Kier alpha value is -2.82. The number of imidazole rings is 1. The van der Waals surface area contributed by atoms with E-state index in [1.165, 1.54) is 0 Å². The largest absolute Gasteiger partial charge is 0.484 e. The van der Waals surface area contributed by atoms with Gasteiger partial charge in [-0.05, 0) is 49.2 Å². The second-order valence-corrected chi connectivity index (χ2v) is 5.59. The number of H-pyrrole nitrogens is 1. The summed E-state index contributed by atoms with van der Waals surface area (Å²) in [7, 11) is 0. The highest BCUT2D eigenvalue weighted by Gasteiger charge is 2.06. The lowest BCUT2D eigenvalue weighted by Crippen LogP contribution is -2.28. The molecular weight excluding hydrogens is 290 g/mol. The van der Waals surface area contributed by atoms with Crippen molar-refractivity contribution in [3.8, 4) is 5.75 Å². The number of fused-ring (bicyclic) bond motifs is 1.